The van der Waals surface area contributed by atoms with Crippen molar-refractivity contribution < 1.29 is 58.5 Å². The van der Waals surface area contributed by atoms with Gasteiger partial charge in [-0.05, 0) is 43.4 Å². The average molecular weight is 566 g/mol. The third-order valence-electron chi connectivity index (χ3n) is 5.77. The summed E-state index contributed by atoms with van der Waals surface area (Å²) in [5.41, 5.74) is 0.376. The molecule has 0 bridgehead atoms. The number of nitrogens with zero attached hydrogens (tertiary/aromatic N) is 3. The molecule has 216 valence electrons. The molecule has 0 aliphatic carbocycles. The van der Waals surface area contributed by atoms with Crippen LogP contribution in [0.25, 0.3) is 0 Å². The van der Waals surface area contributed by atoms with E-state index in [1.54, 1.807) is 0 Å². The molecule has 0 radical (unpaired) electrons. The van der Waals surface area contributed by atoms with E-state index in [-0.39, 0.29) is 47.9 Å². The fourth-order valence-corrected chi connectivity index (χ4v) is 3.80. The Morgan fingerprint density at radius 3 is 1.98 bits per heavy atom. The molecule has 17 nitrogen and oxygen atoms in total. The van der Waals surface area contributed by atoms with E-state index < -0.39 is 78.1 Å². The highest BCUT2D eigenvalue weighted by atomic mass is 16.6. The smallest absolute Gasteiger partial charge is 0.407 e. The minimum atomic E-state index is -1.91. The lowest BCUT2D eigenvalue weighted by atomic mass is 10.0. The minimum Gasteiger partial charge on any atom is -0.481 e. The van der Waals surface area contributed by atoms with Gasteiger partial charge in [0.1, 0.15) is 25.1 Å². The van der Waals surface area contributed by atoms with Gasteiger partial charge in [-0.15, -0.1) is 0 Å². The van der Waals surface area contributed by atoms with E-state index in [4.69, 9.17) is 9.84 Å². The number of carboxylic acid groups (broad SMARTS) is 3. The number of nitrogens with one attached hydrogen (secondary N) is 1. The summed E-state index contributed by atoms with van der Waals surface area (Å²) in [6.07, 6.45) is -3.17. The van der Waals surface area contributed by atoms with Crippen LogP contribution in [0.2, 0.25) is 0 Å². The lowest BCUT2D eigenvalue weighted by Crippen LogP contribution is -2.63. The van der Waals surface area contributed by atoms with Gasteiger partial charge >= 0.3 is 30.0 Å². The van der Waals surface area contributed by atoms with Gasteiger partial charge in [0.2, 0.25) is 11.8 Å². The lowest BCUT2D eigenvalue weighted by Gasteiger charge is -2.38. The molecule has 5 amide bonds. The third-order valence-corrected chi connectivity index (χ3v) is 5.77. The molecular formula is C23H26N4O13. The van der Waals surface area contributed by atoms with E-state index in [9.17, 15) is 53.9 Å². The van der Waals surface area contributed by atoms with Crippen molar-refractivity contribution in [3.05, 3.63) is 39.9 Å². The Bertz CT molecular complexity index is 1180. The number of non-ortho nitro benzene ring substituents is 1. The number of aliphatic carboxylic acids is 3. The van der Waals surface area contributed by atoms with E-state index >= 15 is 0 Å². The van der Waals surface area contributed by atoms with Gasteiger partial charge in [0, 0.05) is 25.1 Å². The number of nitro groups is 1. The van der Waals surface area contributed by atoms with Gasteiger partial charge in [-0.3, -0.25) is 24.5 Å². The Labute approximate surface area is 225 Å². The summed E-state index contributed by atoms with van der Waals surface area (Å²) in [7, 11) is 0. The number of alkyl carbamates (subject to hydrolysis) is 1. The van der Waals surface area contributed by atoms with Crippen molar-refractivity contribution in [2.24, 2.45) is 0 Å². The number of nitro benzene ring substituents is 1. The number of imide groups is 2. The van der Waals surface area contributed by atoms with Gasteiger partial charge in [0.05, 0.1) is 4.92 Å². The zero-order valence-corrected chi connectivity index (χ0v) is 20.9. The highest BCUT2D eigenvalue weighted by Crippen LogP contribution is 2.23. The molecule has 0 saturated carbocycles. The van der Waals surface area contributed by atoms with Crippen LogP contribution in [0, 0.1) is 10.1 Å². The number of rotatable bonds is 15. The molecule has 1 saturated heterocycles. The summed E-state index contributed by atoms with van der Waals surface area (Å²) in [6.45, 7) is -0.142. The van der Waals surface area contributed by atoms with Crippen LogP contribution in [0.4, 0.5) is 15.3 Å². The summed E-state index contributed by atoms with van der Waals surface area (Å²) in [4.78, 5) is 94.5. The molecule has 1 heterocycles. The van der Waals surface area contributed by atoms with Crippen LogP contribution in [-0.2, 0) is 35.3 Å². The van der Waals surface area contributed by atoms with E-state index in [0.717, 1.165) is 0 Å². The van der Waals surface area contributed by atoms with Crippen molar-refractivity contribution in [3.63, 3.8) is 0 Å². The number of amides is 5. The number of hydrogen-bond donors (Lipinski definition) is 4. The second kappa shape index (κ2) is 14.2. The summed E-state index contributed by atoms with van der Waals surface area (Å²) in [5.74, 6) is -7.01. The zero-order chi connectivity index (χ0) is 30.0. The predicted octanol–water partition coefficient (Wildman–Crippen LogP) is 0.943. The van der Waals surface area contributed by atoms with Crippen LogP contribution in [0.5, 0.6) is 0 Å². The highest BCUT2D eigenvalue weighted by Gasteiger charge is 2.48. The molecule has 0 spiro atoms. The maximum absolute atomic E-state index is 12.9. The van der Waals surface area contributed by atoms with Gasteiger partial charge in [0.25, 0.3) is 5.69 Å². The number of urea groups is 1. The second-order valence-electron chi connectivity index (χ2n) is 8.55. The zero-order valence-electron chi connectivity index (χ0n) is 20.9. The van der Waals surface area contributed by atoms with Crippen LogP contribution in [0.15, 0.2) is 24.3 Å². The molecule has 1 aliphatic heterocycles. The van der Waals surface area contributed by atoms with Crippen LogP contribution in [-0.4, -0.2) is 90.5 Å². The van der Waals surface area contributed by atoms with Crippen LogP contribution < -0.4 is 5.32 Å². The monoisotopic (exact) mass is 566 g/mol. The highest BCUT2D eigenvalue weighted by molar-refractivity contribution is 6.16. The Kier molecular flexibility index (Phi) is 11.0. The van der Waals surface area contributed by atoms with Crippen molar-refractivity contribution >= 4 is 47.5 Å². The maximum Gasteiger partial charge on any atom is 0.407 e. The Balaban J connectivity index is 1.92. The SMILES string of the molecule is O=C(O)CCC(C(=O)O)N1C(=O)CC(=O)N(C(CCCCNC(=O)OCc2ccc([N+](=O)[O-])cc2)C(=O)O)C1=O. The normalized spacial score (nSPS) is 14.8. The lowest BCUT2D eigenvalue weighted by molar-refractivity contribution is -0.384. The van der Waals surface area contributed by atoms with Gasteiger partial charge in [-0.1, -0.05) is 0 Å². The van der Waals surface area contributed by atoms with E-state index in [1.807, 2.05) is 0 Å². The van der Waals surface area contributed by atoms with E-state index in [0.29, 0.717) is 5.56 Å². The van der Waals surface area contributed by atoms with Crippen LogP contribution >= 0.6 is 0 Å². The van der Waals surface area contributed by atoms with E-state index in [1.165, 1.54) is 24.3 Å². The molecule has 0 aromatic heterocycles. The summed E-state index contributed by atoms with van der Waals surface area (Å²) in [5, 5.41) is 41.0. The molecule has 1 aromatic carbocycles. The number of barbiturate groups is 1. The number of benzene rings is 1. The van der Waals surface area contributed by atoms with Gasteiger partial charge in [-0.2, -0.15) is 0 Å². The molecular weight excluding hydrogens is 540 g/mol. The van der Waals surface area contributed by atoms with Crippen molar-refractivity contribution in [1.82, 2.24) is 15.1 Å². The third kappa shape index (κ3) is 8.47. The largest absolute Gasteiger partial charge is 0.481 e. The molecule has 40 heavy (non-hydrogen) atoms. The summed E-state index contributed by atoms with van der Waals surface area (Å²) < 4.78 is 4.98. The molecule has 2 atom stereocenters. The van der Waals surface area contributed by atoms with Gasteiger partial charge in [0.15, 0.2) is 0 Å². The van der Waals surface area contributed by atoms with Gasteiger partial charge < -0.3 is 25.4 Å². The molecule has 17 heteroatoms. The first-order valence-corrected chi connectivity index (χ1v) is 11.8. The number of hydrogen-bond acceptors (Lipinski definition) is 10. The number of ether oxygens (including phenoxy) is 1. The standard InChI is InChI=1S/C23H26N4O13/c28-17-11-18(29)26(16(21(34)35)8-9-19(30)31)23(37)25(17)15(20(32)33)3-1-2-10-24-22(36)40-12-13-4-6-14(7-5-13)27(38)39/h4-7,15-16H,1-3,8-12H2,(H,24,36)(H,30,31)(H,32,33)(H,34,35). The molecule has 2 unspecified atom stereocenters. The number of carboxylic acids is 3. The first-order chi connectivity index (χ1) is 18.8. The van der Waals surface area contributed by atoms with Crippen LogP contribution in [0.3, 0.4) is 0 Å². The number of unbranched alkanes of at least 4 members (excludes halogenated alkanes) is 1. The quantitative estimate of drug-likeness (QED) is 0.0999. The second-order valence-corrected chi connectivity index (χ2v) is 8.55. The van der Waals surface area contributed by atoms with Crippen molar-refractivity contribution in [3.8, 4) is 0 Å². The Morgan fingerprint density at radius 1 is 0.925 bits per heavy atom. The fraction of sp³-hybridized carbons (Fsp3) is 0.435. The molecule has 2 rings (SSSR count). The Hall–Kier alpha value is -5.09. The van der Waals surface area contributed by atoms with E-state index in [2.05, 4.69) is 5.32 Å². The van der Waals surface area contributed by atoms with Crippen LogP contribution in [0.1, 0.15) is 44.1 Å². The minimum absolute atomic E-state index is 0.0220. The van der Waals surface area contributed by atoms with Crippen molar-refractivity contribution in [2.45, 2.75) is 57.2 Å². The number of carbonyl (C=O) groups is 7. The summed E-state index contributed by atoms with van der Waals surface area (Å²) >= 11 is 0. The first-order valence-electron chi connectivity index (χ1n) is 11.8. The molecule has 1 aromatic rings. The molecule has 1 fully saturated rings. The average Bonchev–Trinajstić information content (AvgIpc) is 2.87. The fourth-order valence-electron chi connectivity index (χ4n) is 3.80. The first kappa shape index (κ1) is 31.1. The summed E-state index contributed by atoms with van der Waals surface area (Å²) in [6, 6.07) is 0.196. The van der Waals surface area contributed by atoms with Crippen molar-refractivity contribution in [2.75, 3.05) is 6.54 Å². The molecule has 1 aliphatic rings. The van der Waals surface area contributed by atoms with Crippen molar-refractivity contribution in [1.29, 1.82) is 0 Å². The Morgan fingerprint density at radius 2 is 1.48 bits per heavy atom. The van der Waals surface area contributed by atoms with Gasteiger partial charge in [-0.25, -0.2) is 29.0 Å². The number of carbonyl (C=O) groups excluding carboxylic acids is 4. The maximum atomic E-state index is 12.9. The predicted molar refractivity (Wildman–Crippen MR) is 129 cm³/mol. The molecule has 4 N–H and O–H groups in total. The topological polar surface area (TPSA) is 251 Å².